The molecule has 7 heteroatoms. The molecule has 4 aromatic rings. The number of allylic oxidation sites excluding steroid dienone is 1. The summed E-state index contributed by atoms with van der Waals surface area (Å²) < 4.78 is 7.92. The first-order chi connectivity index (χ1) is 15.7. The molecule has 0 N–H and O–H groups in total. The van der Waals surface area contributed by atoms with E-state index < -0.39 is 0 Å². The van der Waals surface area contributed by atoms with Crippen molar-refractivity contribution in [3.8, 4) is 5.75 Å². The second-order valence-electron chi connectivity index (χ2n) is 7.25. The van der Waals surface area contributed by atoms with E-state index in [0.29, 0.717) is 28.9 Å². The zero-order valence-electron chi connectivity index (χ0n) is 17.5. The summed E-state index contributed by atoms with van der Waals surface area (Å²) >= 11 is 13.8. The predicted molar refractivity (Wildman–Crippen MR) is 134 cm³/mol. The third kappa shape index (κ3) is 5.47. The molecule has 3 aromatic carbocycles. The lowest BCUT2D eigenvalue weighted by atomic mass is 10.1. The third-order valence-corrected chi connectivity index (χ3v) is 6.58. The second-order valence-corrected chi connectivity index (χ2v) is 9.04. The smallest absolute Gasteiger partial charge is 0.191 e. The standard InChI is InChI=1S/C25H23Cl2N3OS/c1-2-14-30-24(11-6-15-31-23-13-12-20(26)16-22(23)27)28-29-25(30)32-17-19-9-5-8-18-7-3-4-10-21(18)19/h2-5,7-10,12-13,16H,1,6,11,14-15,17H2. The molecular formula is C25H23Cl2N3OS. The molecule has 0 atom stereocenters. The highest BCUT2D eigenvalue weighted by molar-refractivity contribution is 7.98. The van der Waals surface area contributed by atoms with E-state index in [4.69, 9.17) is 27.9 Å². The molecule has 0 aliphatic heterocycles. The molecule has 0 amide bonds. The van der Waals surface area contributed by atoms with Gasteiger partial charge in [-0.2, -0.15) is 0 Å². The number of ether oxygens (including phenoxy) is 1. The molecule has 164 valence electrons. The first-order valence-electron chi connectivity index (χ1n) is 10.4. The maximum absolute atomic E-state index is 6.17. The highest BCUT2D eigenvalue weighted by Gasteiger charge is 2.13. The van der Waals surface area contributed by atoms with Crippen molar-refractivity contribution in [3.63, 3.8) is 0 Å². The van der Waals surface area contributed by atoms with Gasteiger partial charge in [-0.25, -0.2) is 0 Å². The Kier molecular flexibility index (Phi) is 7.74. The molecule has 0 radical (unpaired) electrons. The van der Waals surface area contributed by atoms with Crippen molar-refractivity contribution in [1.82, 2.24) is 14.8 Å². The molecule has 0 bridgehead atoms. The van der Waals surface area contributed by atoms with Gasteiger partial charge in [0, 0.05) is 23.7 Å². The molecule has 4 nitrogen and oxygen atoms in total. The van der Waals surface area contributed by atoms with Gasteiger partial charge in [0.2, 0.25) is 0 Å². The predicted octanol–water partition coefficient (Wildman–Crippen LogP) is 7.23. The van der Waals surface area contributed by atoms with Crippen LogP contribution in [-0.2, 0) is 18.7 Å². The Morgan fingerprint density at radius 1 is 1.03 bits per heavy atom. The first kappa shape index (κ1) is 22.7. The third-order valence-electron chi connectivity index (χ3n) is 5.04. The molecule has 0 saturated carbocycles. The quantitative estimate of drug-likeness (QED) is 0.135. The summed E-state index contributed by atoms with van der Waals surface area (Å²) in [6, 6.07) is 20.1. The molecule has 0 spiro atoms. The summed E-state index contributed by atoms with van der Waals surface area (Å²) in [4.78, 5) is 0. The maximum Gasteiger partial charge on any atom is 0.191 e. The van der Waals surface area contributed by atoms with E-state index in [0.717, 1.165) is 29.6 Å². The Hall–Kier alpha value is -2.47. The highest BCUT2D eigenvalue weighted by atomic mass is 35.5. The van der Waals surface area contributed by atoms with Crippen LogP contribution >= 0.6 is 35.0 Å². The molecule has 32 heavy (non-hydrogen) atoms. The van der Waals surface area contributed by atoms with Crippen LogP contribution in [0, 0.1) is 0 Å². The lowest BCUT2D eigenvalue weighted by Crippen LogP contribution is -2.07. The lowest BCUT2D eigenvalue weighted by Gasteiger charge is -2.10. The Labute approximate surface area is 202 Å². The topological polar surface area (TPSA) is 39.9 Å². The van der Waals surface area contributed by atoms with Crippen molar-refractivity contribution in [3.05, 3.63) is 94.8 Å². The fraction of sp³-hybridized carbons (Fsp3) is 0.200. The van der Waals surface area contributed by atoms with Crippen LogP contribution in [0.2, 0.25) is 10.0 Å². The number of fused-ring (bicyclic) bond motifs is 1. The fourth-order valence-electron chi connectivity index (χ4n) is 3.49. The first-order valence-corrected chi connectivity index (χ1v) is 12.1. The molecule has 0 aliphatic rings. The minimum Gasteiger partial charge on any atom is -0.492 e. The van der Waals surface area contributed by atoms with E-state index in [1.807, 2.05) is 6.08 Å². The van der Waals surface area contributed by atoms with Crippen LogP contribution in [0.25, 0.3) is 10.8 Å². The van der Waals surface area contributed by atoms with Gasteiger partial charge < -0.3 is 9.30 Å². The molecular weight excluding hydrogens is 461 g/mol. The van der Waals surface area contributed by atoms with E-state index in [9.17, 15) is 0 Å². The summed E-state index contributed by atoms with van der Waals surface area (Å²) in [6.07, 6.45) is 3.42. The molecule has 0 unspecified atom stereocenters. The summed E-state index contributed by atoms with van der Waals surface area (Å²) in [5.41, 5.74) is 1.29. The average molecular weight is 484 g/mol. The van der Waals surface area contributed by atoms with E-state index in [1.54, 1.807) is 30.0 Å². The monoisotopic (exact) mass is 483 g/mol. The SMILES string of the molecule is C=CCn1c(CCCOc2ccc(Cl)cc2Cl)nnc1SCc1cccc2ccccc12. The van der Waals surface area contributed by atoms with Crippen molar-refractivity contribution >= 4 is 45.7 Å². The molecule has 4 rings (SSSR count). The molecule has 1 heterocycles. The molecule has 1 aromatic heterocycles. The average Bonchev–Trinajstić information content (AvgIpc) is 3.18. The Bertz CT molecular complexity index is 1220. The number of hydrogen-bond acceptors (Lipinski definition) is 4. The molecule has 0 fully saturated rings. The minimum atomic E-state index is 0.513. The van der Waals surface area contributed by atoms with Gasteiger partial charge >= 0.3 is 0 Å². The van der Waals surface area contributed by atoms with Crippen molar-refractivity contribution in [2.75, 3.05) is 6.61 Å². The molecule has 0 saturated heterocycles. The van der Waals surface area contributed by atoms with Gasteiger partial charge in [0.15, 0.2) is 5.16 Å². The number of halogens is 2. The van der Waals surface area contributed by atoms with Crippen LogP contribution in [0.1, 0.15) is 17.8 Å². The van der Waals surface area contributed by atoms with Crippen molar-refractivity contribution < 1.29 is 4.74 Å². The highest BCUT2D eigenvalue weighted by Crippen LogP contribution is 2.29. The summed E-state index contributed by atoms with van der Waals surface area (Å²) in [6.45, 7) is 5.09. The van der Waals surface area contributed by atoms with Crippen LogP contribution in [0.15, 0.2) is 78.5 Å². The summed E-state index contributed by atoms with van der Waals surface area (Å²) in [5.74, 6) is 2.39. The normalized spacial score (nSPS) is 11.1. The van der Waals surface area contributed by atoms with Gasteiger partial charge in [-0.15, -0.1) is 16.8 Å². The zero-order chi connectivity index (χ0) is 22.3. The van der Waals surface area contributed by atoms with Gasteiger partial charge in [0.05, 0.1) is 11.6 Å². The maximum atomic E-state index is 6.17. The van der Waals surface area contributed by atoms with Gasteiger partial charge in [0.25, 0.3) is 0 Å². The Morgan fingerprint density at radius 2 is 1.88 bits per heavy atom. The molecule has 0 aliphatic carbocycles. The Morgan fingerprint density at radius 3 is 2.72 bits per heavy atom. The van der Waals surface area contributed by atoms with Gasteiger partial charge in [-0.3, -0.25) is 0 Å². The number of benzene rings is 3. The summed E-state index contributed by atoms with van der Waals surface area (Å²) in [5, 5.41) is 13.4. The number of rotatable bonds is 10. The Balaban J connectivity index is 1.39. The largest absolute Gasteiger partial charge is 0.492 e. The number of thioether (sulfide) groups is 1. The number of nitrogens with zero attached hydrogens (tertiary/aromatic N) is 3. The van der Waals surface area contributed by atoms with Crippen LogP contribution in [0.5, 0.6) is 5.75 Å². The lowest BCUT2D eigenvalue weighted by molar-refractivity contribution is 0.309. The van der Waals surface area contributed by atoms with Gasteiger partial charge in [-0.1, -0.05) is 83.5 Å². The van der Waals surface area contributed by atoms with Crippen LogP contribution in [0.3, 0.4) is 0 Å². The number of aryl methyl sites for hydroxylation is 1. The van der Waals surface area contributed by atoms with Crippen molar-refractivity contribution in [2.24, 2.45) is 0 Å². The fourth-order valence-corrected chi connectivity index (χ4v) is 4.92. The number of aromatic nitrogens is 3. The van der Waals surface area contributed by atoms with E-state index in [1.165, 1.54) is 16.3 Å². The van der Waals surface area contributed by atoms with Gasteiger partial charge in [0.1, 0.15) is 11.6 Å². The summed E-state index contributed by atoms with van der Waals surface area (Å²) in [7, 11) is 0. The van der Waals surface area contributed by atoms with E-state index >= 15 is 0 Å². The van der Waals surface area contributed by atoms with Crippen LogP contribution < -0.4 is 4.74 Å². The number of hydrogen-bond donors (Lipinski definition) is 0. The second kappa shape index (κ2) is 10.9. The van der Waals surface area contributed by atoms with Crippen molar-refractivity contribution in [2.45, 2.75) is 30.3 Å². The van der Waals surface area contributed by atoms with Crippen LogP contribution in [-0.4, -0.2) is 21.4 Å². The zero-order valence-corrected chi connectivity index (χ0v) is 19.8. The van der Waals surface area contributed by atoms with Crippen molar-refractivity contribution in [1.29, 1.82) is 0 Å². The van der Waals surface area contributed by atoms with Gasteiger partial charge in [-0.05, 0) is 41.0 Å². The van der Waals surface area contributed by atoms with E-state index in [-0.39, 0.29) is 0 Å². The minimum absolute atomic E-state index is 0.513. The van der Waals surface area contributed by atoms with Crippen LogP contribution in [0.4, 0.5) is 0 Å². The van der Waals surface area contributed by atoms with E-state index in [2.05, 4.69) is 63.8 Å².